The fraction of sp³-hybridized carbons (Fsp3) is 0.167. The summed E-state index contributed by atoms with van der Waals surface area (Å²) in [6.45, 7) is -0.743. The average molecular weight is 516 g/mol. The number of alkyl halides is 3. The van der Waals surface area contributed by atoms with Gasteiger partial charge in [-0.15, -0.1) is 13.2 Å². The number of aliphatic hydroxyl groups is 2. The normalized spacial score (nSPS) is 12.2. The molecule has 0 fully saturated rings. The third-order valence-electron chi connectivity index (χ3n) is 4.95. The molecule has 37 heavy (non-hydrogen) atoms. The molecule has 0 aliphatic heterocycles. The first kappa shape index (κ1) is 25.6. The van der Waals surface area contributed by atoms with Gasteiger partial charge in [0.2, 0.25) is 5.88 Å². The smallest absolute Gasteiger partial charge is 0.475 e. The van der Waals surface area contributed by atoms with Crippen LogP contribution < -0.4 is 20.3 Å². The number of halogens is 3. The highest BCUT2D eigenvalue weighted by Gasteiger charge is 2.31. The highest BCUT2D eigenvalue weighted by molar-refractivity contribution is 6.08. The molecule has 0 radical (unpaired) electrons. The zero-order valence-corrected chi connectivity index (χ0v) is 18.8. The zero-order valence-electron chi connectivity index (χ0n) is 18.8. The number of ether oxygens (including phenoxy) is 2. The number of aromatic nitrogens is 3. The Bertz CT molecular complexity index is 1490. The molecule has 3 N–H and O–H groups in total. The number of carbonyl (C=O) groups is 1. The van der Waals surface area contributed by atoms with Crippen molar-refractivity contribution in [1.29, 1.82) is 0 Å². The number of aliphatic hydroxyl groups excluding tert-OH is 2. The van der Waals surface area contributed by atoms with Crippen LogP contribution in [0.4, 0.5) is 18.9 Å². The molecule has 0 saturated heterocycles. The van der Waals surface area contributed by atoms with E-state index in [1.54, 1.807) is 12.1 Å². The van der Waals surface area contributed by atoms with Crippen LogP contribution in [0.5, 0.6) is 11.6 Å². The molecule has 0 saturated carbocycles. The SMILES string of the molecule is O=C(Nc1cccc2cnn(-c3cccc(OC(F)(F)F)c3)c(=O)c12)c1cccc(OCC(O)CO)n1. The first-order valence-corrected chi connectivity index (χ1v) is 10.7. The quantitative estimate of drug-likeness (QED) is 0.325. The second-order valence-electron chi connectivity index (χ2n) is 7.64. The summed E-state index contributed by atoms with van der Waals surface area (Å²) in [5, 5.41) is 25.4. The van der Waals surface area contributed by atoms with Crippen molar-refractivity contribution in [3.63, 3.8) is 0 Å². The number of fused-ring (bicyclic) bond motifs is 1. The van der Waals surface area contributed by atoms with Gasteiger partial charge in [-0.25, -0.2) is 4.98 Å². The molecular weight excluding hydrogens is 497 g/mol. The van der Waals surface area contributed by atoms with Crippen LogP contribution in [0, 0.1) is 0 Å². The van der Waals surface area contributed by atoms with Gasteiger partial charge in [-0.1, -0.05) is 24.3 Å². The van der Waals surface area contributed by atoms with Gasteiger partial charge in [-0.3, -0.25) is 9.59 Å². The Hall–Kier alpha value is -4.49. The molecule has 1 amide bonds. The lowest BCUT2D eigenvalue weighted by atomic mass is 10.1. The van der Waals surface area contributed by atoms with Crippen molar-refractivity contribution in [3.8, 4) is 17.3 Å². The van der Waals surface area contributed by atoms with Gasteiger partial charge in [-0.05, 0) is 24.3 Å². The number of hydrogen-bond donors (Lipinski definition) is 3. The van der Waals surface area contributed by atoms with E-state index in [1.165, 1.54) is 42.6 Å². The lowest BCUT2D eigenvalue weighted by Crippen LogP contribution is -2.24. The van der Waals surface area contributed by atoms with Crippen LogP contribution >= 0.6 is 0 Å². The number of nitrogens with one attached hydrogen (secondary N) is 1. The van der Waals surface area contributed by atoms with E-state index in [4.69, 9.17) is 9.84 Å². The van der Waals surface area contributed by atoms with Gasteiger partial charge in [0.1, 0.15) is 24.2 Å². The Morgan fingerprint density at radius 3 is 2.62 bits per heavy atom. The summed E-state index contributed by atoms with van der Waals surface area (Å²) in [7, 11) is 0. The van der Waals surface area contributed by atoms with Crippen LogP contribution in [0.15, 0.2) is 71.7 Å². The maximum absolute atomic E-state index is 13.3. The molecule has 1 atom stereocenters. The van der Waals surface area contributed by atoms with Crippen molar-refractivity contribution in [2.45, 2.75) is 12.5 Å². The Balaban J connectivity index is 1.65. The number of rotatable bonds is 8. The van der Waals surface area contributed by atoms with Crippen LogP contribution in [0.3, 0.4) is 0 Å². The van der Waals surface area contributed by atoms with Crippen molar-refractivity contribution >= 4 is 22.4 Å². The molecule has 10 nitrogen and oxygen atoms in total. The molecule has 0 aliphatic rings. The van der Waals surface area contributed by atoms with E-state index in [0.29, 0.717) is 5.39 Å². The van der Waals surface area contributed by atoms with Gasteiger partial charge in [0.25, 0.3) is 11.5 Å². The minimum atomic E-state index is -4.91. The number of anilines is 1. The summed E-state index contributed by atoms with van der Waals surface area (Å²) in [6.07, 6.45) is -4.69. The van der Waals surface area contributed by atoms with E-state index >= 15 is 0 Å². The maximum Gasteiger partial charge on any atom is 0.573 e. The van der Waals surface area contributed by atoms with Gasteiger partial charge >= 0.3 is 6.36 Å². The molecule has 0 bridgehead atoms. The van der Waals surface area contributed by atoms with Gasteiger partial charge in [0, 0.05) is 17.5 Å². The van der Waals surface area contributed by atoms with E-state index in [2.05, 4.69) is 20.1 Å². The summed E-state index contributed by atoms with van der Waals surface area (Å²) in [5.74, 6) is -1.17. The molecule has 1 unspecified atom stereocenters. The highest BCUT2D eigenvalue weighted by Crippen LogP contribution is 2.25. The average Bonchev–Trinajstić information content (AvgIpc) is 2.87. The van der Waals surface area contributed by atoms with E-state index in [-0.39, 0.29) is 34.9 Å². The Labute approximate surface area is 206 Å². The van der Waals surface area contributed by atoms with Crippen LogP contribution in [-0.4, -0.2) is 56.6 Å². The van der Waals surface area contributed by atoms with Gasteiger partial charge < -0.3 is 25.0 Å². The van der Waals surface area contributed by atoms with Gasteiger partial charge in [-0.2, -0.15) is 9.78 Å². The largest absolute Gasteiger partial charge is 0.573 e. The van der Waals surface area contributed by atoms with E-state index in [0.717, 1.165) is 16.8 Å². The number of pyridine rings is 1. The number of nitrogens with zero attached hydrogens (tertiary/aromatic N) is 3. The highest BCUT2D eigenvalue weighted by atomic mass is 19.4. The number of amides is 1. The van der Waals surface area contributed by atoms with Gasteiger partial charge in [0.05, 0.1) is 29.6 Å². The standard InChI is InChI=1S/C24H19F3N4O6/c25-24(26,27)37-17-6-2-5-15(10-17)31-23(35)21-14(11-28-31)4-1-7-18(21)30-22(34)19-8-3-9-20(29-19)36-13-16(33)12-32/h1-11,16,32-33H,12-13H2,(H,30,34). The van der Waals surface area contributed by atoms with Crippen molar-refractivity contribution in [2.75, 3.05) is 18.5 Å². The summed E-state index contributed by atoms with van der Waals surface area (Å²) in [4.78, 5) is 30.2. The lowest BCUT2D eigenvalue weighted by molar-refractivity contribution is -0.274. The molecule has 2 heterocycles. The minimum Gasteiger partial charge on any atom is -0.475 e. The molecular formula is C24H19F3N4O6. The summed E-state index contributed by atoms with van der Waals surface area (Å²) >= 11 is 0. The molecule has 4 rings (SSSR count). The van der Waals surface area contributed by atoms with Crippen LogP contribution in [0.25, 0.3) is 16.5 Å². The predicted molar refractivity (Wildman–Crippen MR) is 125 cm³/mol. The number of benzene rings is 2. The fourth-order valence-electron chi connectivity index (χ4n) is 3.34. The molecule has 0 spiro atoms. The van der Waals surface area contributed by atoms with Crippen molar-refractivity contribution in [2.24, 2.45) is 0 Å². The van der Waals surface area contributed by atoms with Crippen molar-refractivity contribution in [3.05, 3.63) is 82.9 Å². The number of carbonyl (C=O) groups excluding carboxylic acids is 1. The van der Waals surface area contributed by atoms with Crippen LogP contribution in [0.2, 0.25) is 0 Å². The summed E-state index contributed by atoms with van der Waals surface area (Å²) < 4.78 is 47.9. The van der Waals surface area contributed by atoms with Gasteiger partial charge in [0.15, 0.2) is 0 Å². The lowest BCUT2D eigenvalue weighted by Gasteiger charge is -2.13. The zero-order chi connectivity index (χ0) is 26.6. The molecule has 2 aromatic heterocycles. The van der Waals surface area contributed by atoms with Crippen molar-refractivity contribution in [1.82, 2.24) is 14.8 Å². The first-order chi connectivity index (χ1) is 17.6. The molecule has 192 valence electrons. The predicted octanol–water partition coefficient (Wildman–Crippen LogP) is 2.66. The molecule has 4 aromatic rings. The third-order valence-corrected chi connectivity index (χ3v) is 4.95. The van der Waals surface area contributed by atoms with E-state index in [9.17, 15) is 27.9 Å². The molecule has 13 heteroatoms. The van der Waals surface area contributed by atoms with Crippen molar-refractivity contribution < 1.29 is 37.7 Å². The Kier molecular flexibility index (Phi) is 7.36. The summed E-state index contributed by atoms with van der Waals surface area (Å²) in [5.41, 5.74) is -0.610. The third kappa shape index (κ3) is 6.20. The fourth-order valence-corrected chi connectivity index (χ4v) is 3.34. The van der Waals surface area contributed by atoms with Crippen LogP contribution in [0.1, 0.15) is 10.5 Å². The topological polar surface area (TPSA) is 136 Å². The second-order valence-corrected chi connectivity index (χ2v) is 7.64. The maximum atomic E-state index is 13.3. The molecule has 0 aliphatic carbocycles. The van der Waals surface area contributed by atoms with E-state index < -0.39 is 36.3 Å². The number of hydrogen-bond acceptors (Lipinski definition) is 8. The molecule has 2 aromatic carbocycles. The van der Waals surface area contributed by atoms with E-state index in [1.807, 2.05) is 0 Å². The summed E-state index contributed by atoms with van der Waals surface area (Å²) in [6, 6.07) is 13.8. The second kappa shape index (κ2) is 10.6. The monoisotopic (exact) mass is 516 g/mol. The Morgan fingerprint density at radius 1 is 1.11 bits per heavy atom. The minimum absolute atomic E-state index is 0.0198. The first-order valence-electron chi connectivity index (χ1n) is 10.7. The van der Waals surface area contributed by atoms with Crippen LogP contribution in [-0.2, 0) is 0 Å². The Morgan fingerprint density at radius 2 is 1.86 bits per heavy atom.